The van der Waals surface area contributed by atoms with Gasteiger partial charge in [0.2, 0.25) is 10.0 Å². The number of aromatic nitrogens is 2. The monoisotopic (exact) mass is 420 g/mol. The van der Waals surface area contributed by atoms with Crippen LogP contribution in [0.15, 0.2) is 47.4 Å². The van der Waals surface area contributed by atoms with Crippen molar-refractivity contribution in [3.63, 3.8) is 0 Å². The molecule has 0 amide bonds. The zero-order valence-electron chi connectivity index (χ0n) is 15.2. The lowest BCUT2D eigenvalue weighted by molar-refractivity contribution is 0.455. The number of nitrogens with zero attached hydrogens (tertiary/aromatic N) is 3. The van der Waals surface area contributed by atoms with E-state index in [1.165, 1.54) is 26.2 Å². The number of nitrogen functional groups attached to an aromatic ring is 1. The van der Waals surface area contributed by atoms with Crippen LogP contribution in [-0.4, -0.2) is 40.7 Å². The fourth-order valence-corrected chi connectivity index (χ4v) is 4.01. The summed E-state index contributed by atoms with van der Waals surface area (Å²) in [5.41, 5.74) is 6.98. The standard InChI is InChI=1S/C17H20N6O3S2/c1-23(2)28(25,26)15-12(18)8-9-13(14(15)24)20-17-16(21-27-22-17)19-10-11-6-4-3-5-7-11/h3-9,24H,10,18H2,1-2H3,(H,19,21)(H,20,22). The van der Waals surface area contributed by atoms with Gasteiger partial charge in [0.15, 0.2) is 17.4 Å². The molecule has 0 saturated heterocycles. The summed E-state index contributed by atoms with van der Waals surface area (Å²) in [6, 6.07) is 12.7. The van der Waals surface area contributed by atoms with Crippen LogP contribution in [0.4, 0.5) is 23.0 Å². The van der Waals surface area contributed by atoms with Crippen LogP contribution in [-0.2, 0) is 16.6 Å². The molecule has 11 heteroatoms. The van der Waals surface area contributed by atoms with E-state index in [0.29, 0.717) is 18.2 Å². The first-order valence-corrected chi connectivity index (χ1v) is 10.4. The first-order valence-electron chi connectivity index (χ1n) is 8.22. The fourth-order valence-electron chi connectivity index (χ4n) is 2.44. The van der Waals surface area contributed by atoms with E-state index < -0.39 is 15.8 Å². The van der Waals surface area contributed by atoms with Gasteiger partial charge in [-0.25, -0.2) is 12.7 Å². The number of benzene rings is 2. The molecule has 148 valence electrons. The molecule has 0 unspecified atom stereocenters. The number of phenolic OH excluding ortho intramolecular Hbond substituents is 1. The van der Waals surface area contributed by atoms with Crippen molar-refractivity contribution in [1.82, 2.24) is 13.1 Å². The number of nitrogens with one attached hydrogen (secondary N) is 2. The Labute approximate surface area is 167 Å². The average molecular weight is 421 g/mol. The van der Waals surface area contributed by atoms with E-state index >= 15 is 0 Å². The third-order valence-corrected chi connectivity index (χ3v) is 6.38. The van der Waals surface area contributed by atoms with Crippen LogP contribution in [0.1, 0.15) is 5.56 Å². The molecule has 3 rings (SSSR count). The number of sulfonamides is 1. The van der Waals surface area contributed by atoms with E-state index in [1.54, 1.807) is 0 Å². The van der Waals surface area contributed by atoms with Crippen LogP contribution in [0, 0.1) is 0 Å². The smallest absolute Gasteiger partial charge is 0.248 e. The Balaban J connectivity index is 1.87. The van der Waals surface area contributed by atoms with Crippen LogP contribution in [0.25, 0.3) is 0 Å². The van der Waals surface area contributed by atoms with E-state index in [2.05, 4.69) is 19.4 Å². The van der Waals surface area contributed by atoms with Crippen LogP contribution in [0.2, 0.25) is 0 Å². The highest BCUT2D eigenvalue weighted by molar-refractivity contribution is 7.89. The third kappa shape index (κ3) is 4.01. The normalized spacial score (nSPS) is 11.5. The van der Waals surface area contributed by atoms with Gasteiger partial charge in [0.05, 0.1) is 23.1 Å². The van der Waals surface area contributed by atoms with E-state index in [1.807, 2.05) is 30.3 Å². The average Bonchev–Trinajstić information content (AvgIpc) is 3.10. The van der Waals surface area contributed by atoms with Crippen LogP contribution >= 0.6 is 11.7 Å². The Kier molecular flexibility index (Phi) is 5.68. The van der Waals surface area contributed by atoms with Gasteiger partial charge in [0.25, 0.3) is 0 Å². The van der Waals surface area contributed by atoms with Crippen molar-refractivity contribution in [2.24, 2.45) is 0 Å². The van der Waals surface area contributed by atoms with Gasteiger partial charge in [-0.2, -0.15) is 8.75 Å². The van der Waals surface area contributed by atoms with Crippen molar-refractivity contribution >= 4 is 44.8 Å². The Morgan fingerprint density at radius 1 is 1.11 bits per heavy atom. The quantitative estimate of drug-likeness (QED) is 0.338. The summed E-state index contributed by atoms with van der Waals surface area (Å²) in [7, 11) is -1.20. The van der Waals surface area contributed by atoms with Crippen molar-refractivity contribution in [1.29, 1.82) is 0 Å². The molecule has 0 fully saturated rings. The first-order chi connectivity index (χ1) is 13.3. The predicted octanol–water partition coefficient (Wildman–Crippen LogP) is 2.43. The van der Waals surface area contributed by atoms with Crippen molar-refractivity contribution in [2.45, 2.75) is 11.4 Å². The molecule has 2 aromatic carbocycles. The third-order valence-electron chi connectivity index (χ3n) is 3.94. The summed E-state index contributed by atoms with van der Waals surface area (Å²) in [5.74, 6) is 0.381. The van der Waals surface area contributed by atoms with E-state index in [9.17, 15) is 13.5 Å². The van der Waals surface area contributed by atoms with Crippen molar-refractivity contribution in [3.8, 4) is 5.75 Å². The van der Waals surface area contributed by atoms with Gasteiger partial charge in [0, 0.05) is 20.6 Å². The number of phenols is 1. The maximum Gasteiger partial charge on any atom is 0.248 e. The number of nitrogens with two attached hydrogens (primary N) is 1. The molecular weight excluding hydrogens is 400 g/mol. The number of rotatable bonds is 7. The van der Waals surface area contributed by atoms with Gasteiger partial charge in [-0.3, -0.25) is 0 Å². The van der Waals surface area contributed by atoms with E-state index in [4.69, 9.17) is 5.73 Å². The van der Waals surface area contributed by atoms with Crippen molar-refractivity contribution in [2.75, 3.05) is 30.5 Å². The lowest BCUT2D eigenvalue weighted by Crippen LogP contribution is -2.23. The molecule has 0 aliphatic carbocycles. The summed E-state index contributed by atoms with van der Waals surface area (Å²) in [4.78, 5) is -0.357. The minimum atomic E-state index is -3.93. The lowest BCUT2D eigenvalue weighted by Gasteiger charge is -2.17. The van der Waals surface area contributed by atoms with Crippen LogP contribution < -0.4 is 16.4 Å². The predicted molar refractivity (Wildman–Crippen MR) is 110 cm³/mol. The molecule has 1 aromatic heterocycles. The molecule has 0 atom stereocenters. The van der Waals surface area contributed by atoms with Gasteiger partial charge in [-0.15, -0.1) is 0 Å². The topological polar surface area (TPSA) is 133 Å². The van der Waals surface area contributed by atoms with E-state index in [-0.39, 0.29) is 16.3 Å². The highest BCUT2D eigenvalue weighted by atomic mass is 32.2. The molecule has 28 heavy (non-hydrogen) atoms. The minimum Gasteiger partial charge on any atom is -0.504 e. The van der Waals surface area contributed by atoms with Crippen molar-refractivity contribution in [3.05, 3.63) is 48.0 Å². The summed E-state index contributed by atoms with van der Waals surface area (Å²) in [5, 5.41) is 16.6. The van der Waals surface area contributed by atoms with Gasteiger partial charge < -0.3 is 21.5 Å². The van der Waals surface area contributed by atoms with Crippen molar-refractivity contribution < 1.29 is 13.5 Å². The second-order valence-electron chi connectivity index (χ2n) is 6.09. The molecule has 0 aliphatic rings. The fraction of sp³-hybridized carbons (Fsp3) is 0.176. The van der Waals surface area contributed by atoms with Gasteiger partial charge in [-0.1, -0.05) is 30.3 Å². The molecule has 5 N–H and O–H groups in total. The van der Waals surface area contributed by atoms with Crippen LogP contribution in [0.3, 0.4) is 0 Å². The number of hydrogen-bond donors (Lipinski definition) is 4. The Morgan fingerprint density at radius 2 is 1.79 bits per heavy atom. The minimum absolute atomic E-state index is 0.0458. The molecule has 0 radical (unpaired) electrons. The molecule has 0 spiro atoms. The molecular formula is C17H20N6O3S2. The highest BCUT2D eigenvalue weighted by Gasteiger charge is 2.27. The summed E-state index contributed by atoms with van der Waals surface area (Å²) < 4.78 is 34.3. The second kappa shape index (κ2) is 8.00. The zero-order valence-corrected chi connectivity index (χ0v) is 16.9. The summed E-state index contributed by atoms with van der Waals surface area (Å²) in [6.45, 7) is 0.537. The Bertz CT molecular complexity index is 1070. The summed E-state index contributed by atoms with van der Waals surface area (Å²) >= 11 is 0.986. The van der Waals surface area contributed by atoms with Gasteiger partial charge >= 0.3 is 0 Å². The van der Waals surface area contributed by atoms with E-state index in [0.717, 1.165) is 21.6 Å². The molecule has 9 nitrogen and oxygen atoms in total. The number of hydrogen-bond acceptors (Lipinski definition) is 9. The second-order valence-corrected chi connectivity index (χ2v) is 8.71. The first kappa shape index (κ1) is 19.9. The Morgan fingerprint density at radius 3 is 2.46 bits per heavy atom. The zero-order chi connectivity index (χ0) is 20.3. The van der Waals surface area contributed by atoms with Crippen LogP contribution in [0.5, 0.6) is 5.75 Å². The SMILES string of the molecule is CN(C)S(=O)(=O)c1c(N)ccc(Nc2nsnc2NCc2ccccc2)c1O. The molecule has 0 bridgehead atoms. The number of anilines is 4. The number of aromatic hydroxyl groups is 1. The van der Waals surface area contributed by atoms with Gasteiger partial charge in [-0.05, 0) is 17.7 Å². The van der Waals surface area contributed by atoms with Gasteiger partial charge in [0.1, 0.15) is 4.90 Å². The largest absolute Gasteiger partial charge is 0.504 e. The molecule has 0 aliphatic heterocycles. The maximum atomic E-state index is 12.5. The summed E-state index contributed by atoms with van der Waals surface area (Å²) in [6.07, 6.45) is 0. The molecule has 0 saturated carbocycles. The Hall–Kier alpha value is -2.89. The molecule has 3 aromatic rings. The molecule has 1 heterocycles. The lowest BCUT2D eigenvalue weighted by atomic mass is 10.2. The maximum absolute atomic E-state index is 12.5. The highest BCUT2D eigenvalue weighted by Crippen LogP contribution is 2.39.